The highest BCUT2D eigenvalue weighted by molar-refractivity contribution is 5.79. The average Bonchev–Trinajstić information content (AvgIpc) is 2.26. The van der Waals surface area contributed by atoms with Gasteiger partial charge in [0.05, 0.1) is 11.6 Å². The van der Waals surface area contributed by atoms with E-state index in [2.05, 4.69) is 0 Å². The number of hydrogen-bond acceptors (Lipinski definition) is 5. The number of aliphatic hydroxyl groups excluding tert-OH is 2. The maximum absolute atomic E-state index is 10.7. The number of amides is 1. The first-order chi connectivity index (χ1) is 7.47. The lowest BCUT2D eigenvalue weighted by atomic mass is 9.98. The Bertz CT molecular complexity index is 453. The lowest BCUT2D eigenvalue weighted by Gasteiger charge is -2.16. The van der Waals surface area contributed by atoms with Crippen LogP contribution in [0.2, 0.25) is 0 Å². The summed E-state index contributed by atoms with van der Waals surface area (Å²) in [5.74, 6) is -1.06. The van der Waals surface area contributed by atoms with Gasteiger partial charge in [-0.1, -0.05) is 6.07 Å². The average molecular weight is 221 g/mol. The molecule has 84 valence electrons. The molecule has 2 atom stereocenters. The van der Waals surface area contributed by atoms with Gasteiger partial charge in [-0.25, -0.2) is 0 Å². The molecule has 0 aliphatic rings. The molecule has 0 aliphatic carbocycles. The minimum atomic E-state index is -1.75. The quantitative estimate of drug-likeness (QED) is 0.487. The van der Waals surface area contributed by atoms with Crippen molar-refractivity contribution in [1.29, 1.82) is 5.26 Å². The van der Waals surface area contributed by atoms with Gasteiger partial charge in [-0.15, -0.1) is 0 Å². The number of anilines is 1. The number of carbonyl (C=O) groups excluding carboxylic acids is 1. The van der Waals surface area contributed by atoms with Crippen molar-refractivity contribution in [2.45, 2.75) is 12.2 Å². The maximum Gasteiger partial charge on any atom is 0.249 e. The molecule has 2 unspecified atom stereocenters. The second kappa shape index (κ2) is 4.61. The van der Waals surface area contributed by atoms with Crippen molar-refractivity contribution in [1.82, 2.24) is 0 Å². The van der Waals surface area contributed by atoms with E-state index in [0.717, 1.165) is 0 Å². The zero-order chi connectivity index (χ0) is 12.3. The molecule has 0 aromatic heterocycles. The molecule has 0 radical (unpaired) electrons. The third-order valence-electron chi connectivity index (χ3n) is 2.11. The summed E-state index contributed by atoms with van der Waals surface area (Å²) in [6.45, 7) is 0. The number of rotatable bonds is 3. The molecule has 0 saturated heterocycles. The summed E-state index contributed by atoms with van der Waals surface area (Å²) < 4.78 is 0. The van der Waals surface area contributed by atoms with E-state index in [-0.39, 0.29) is 11.1 Å². The molecule has 1 aromatic carbocycles. The first-order valence-corrected chi connectivity index (χ1v) is 4.42. The summed E-state index contributed by atoms with van der Waals surface area (Å²) in [6.07, 6.45) is -3.29. The molecular weight excluding hydrogens is 210 g/mol. The van der Waals surface area contributed by atoms with Crippen LogP contribution in [-0.2, 0) is 4.79 Å². The topological polar surface area (TPSA) is 133 Å². The lowest BCUT2D eigenvalue weighted by Crippen LogP contribution is -2.34. The Labute approximate surface area is 91.7 Å². The van der Waals surface area contributed by atoms with Gasteiger partial charge in [-0.05, 0) is 12.1 Å². The van der Waals surface area contributed by atoms with Crippen molar-refractivity contribution in [3.05, 3.63) is 29.3 Å². The SMILES string of the molecule is N#Cc1cc(N)ccc1C(O)C(O)C(N)=O. The van der Waals surface area contributed by atoms with Crippen LogP contribution in [0.25, 0.3) is 0 Å². The van der Waals surface area contributed by atoms with Crippen molar-refractivity contribution in [3.8, 4) is 6.07 Å². The summed E-state index contributed by atoms with van der Waals surface area (Å²) in [5, 5.41) is 27.7. The fraction of sp³-hybridized carbons (Fsp3) is 0.200. The van der Waals surface area contributed by atoms with E-state index in [1.807, 2.05) is 6.07 Å². The van der Waals surface area contributed by atoms with Crippen LogP contribution in [0.5, 0.6) is 0 Å². The van der Waals surface area contributed by atoms with Gasteiger partial charge in [0.2, 0.25) is 5.91 Å². The Hall–Kier alpha value is -2.10. The van der Waals surface area contributed by atoms with Crippen molar-refractivity contribution < 1.29 is 15.0 Å². The zero-order valence-corrected chi connectivity index (χ0v) is 8.29. The normalized spacial score (nSPS) is 13.8. The molecule has 6 nitrogen and oxygen atoms in total. The standard InChI is InChI=1S/C10H11N3O3/c11-4-5-3-6(12)1-2-7(5)8(14)9(15)10(13)16/h1-3,8-9,14-15H,12H2,(H2,13,16). The predicted molar refractivity (Wildman–Crippen MR) is 55.7 cm³/mol. The fourth-order valence-corrected chi connectivity index (χ4v) is 1.25. The molecule has 1 aromatic rings. The molecule has 0 aliphatic heterocycles. The van der Waals surface area contributed by atoms with E-state index in [0.29, 0.717) is 5.69 Å². The number of benzene rings is 1. The lowest BCUT2D eigenvalue weighted by molar-refractivity contribution is -0.131. The van der Waals surface area contributed by atoms with Gasteiger partial charge in [0.1, 0.15) is 6.10 Å². The van der Waals surface area contributed by atoms with Crippen molar-refractivity contribution >= 4 is 11.6 Å². The molecule has 6 heteroatoms. The van der Waals surface area contributed by atoms with E-state index in [4.69, 9.17) is 16.7 Å². The highest BCUT2D eigenvalue weighted by atomic mass is 16.3. The van der Waals surface area contributed by atoms with Gasteiger partial charge in [0.25, 0.3) is 0 Å². The largest absolute Gasteiger partial charge is 0.399 e. The first-order valence-electron chi connectivity index (χ1n) is 4.42. The summed E-state index contributed by atoms with van der Waals surface area (Å²) in [5.41, 5.74) is 10.8. The minimum Gasteiger partial charge on any atom is -0.399 e. The van der Waals surface area contributed by atoms with Crippen molar-refractivity contribution in [3.63, 3.8) is 0 Å². The van der Waals surface area contributed by atoms with Crippen LogP contribution in [0.3, 0.4) is 0 Å². The minimum absolute atomic E-state index is 0.0906. The number of primary amides is 1. The molecule has 1 rings (SSSR count). The molecule has 0 bridgehead atoms. The fourth-order valence-electron chi connectivity index (χ4n) is 1.25. The summed E-state index contributed by atoms with van der Waals surface area (Å²) >= 11 is 0. The Morgan fingerprint density at radius 3 is 2.56 bits per heavy atom. The molecular formula is C10H11N3O3. The smallest absolute Gasteiger partial charge is 0.249 e. The van der Waals surface area contributed by atoms with E-state index >= 15 is 0 Å². The summed E-state index contributed by atoms with van der Waals surface area (Å²) in [6, 6.07) is 5.96. The van der Waals surface area contributed by atoms with E-state index < -0.39 is 18.1 Å². The Kier molecular flexibility index (Phi) is 3.45. The van der Waals surface area contributed by atoms with Gasteiger partial charge < -0.3 is 21.7 Å². The van der Waals surface area contributed by atoms with Crippen molar-refractivity contribution in [2.24, 2.45) is 5.73 Å². The van der Waals surface area contributed by atoms with Crippen LogP contribution in [0.15, 0.2) is 18.2 Å². The Balaban J connectivity index is 3.14. The van der Waals surface area contributed by atoms with E-state index in [1.165, 1.54) is 18.2 Å². The third kappa shape index (κ3) is 2.28. The maximum atomic E-state index is 10.7. The monoisotopic (exact) mass is 221 g/mol. The van der Waals surface area contributed by atoms with Gasteiger partial charge in [-0.2, -0.15) is 5.26 Å². The molecule has 0 fully saturated rings. The number of carbonyl (C=O) groups is 1. The predicted octanol–water partition coefficient (Wildman–Crippen LogP) is -0.980. The number of nitrogens with two attached hydrogens (primary N) is 2. The van der Waals surface area contributed by atoms with E-state index in [1.54, 1.807) is 0 Å². The van der Waals surface area contributed by atoms with Crippen LogP contribution < -0.4 is 11.5 Å². The third-order valence-corrected chi connectivity index (χ3v) is 2.11. The van der Waals surface area contributed by atoms with Crippen molar-refractivity contribution in [2.75, 3.05) is 5.73 Å². The highest BCUT2D eigenvalue weighted by Crippen LogP contribution is 2.22. The molecule has 16 heavy (non-hydrogen) atoms. The number of hydrogen-bond donors (Lipinski definition) is 4. The second-order valence-corrected chi connectivity index (χ2v) is 3.25. The summed E-state index contributed by atoms with van der Waals surface area (Å²) in [4.78, 5) is 10.7. The molecule has 1 amide bonds. The second-order valence-electron chi connectivity index (χ2n) is 3.25. The van der Waals surface area contributed by atoms with Gasteiger partial charge >= 0.3 is 0 Å². The summed E-state index contributed by atoms with van der Waals surface area (Å²) in [7, 11) is 0. The van der Waals surface area contributed by atoms with Crippen LogP contribution in [0.1, 0.15) is 17.2 Å². The highest BCUT2D eigenvalue weighted by Gasteiger charge is 2.25. The van der Waals surface area contributed by atoms with E-state index in [9.17, 15) is 15.0 Å². The first kappa shape index (κ1) is 12.0. The van der Waals surface area contributed by atoms with Gasteiger partial charge in [0.15, 0.2) is 6.10 Å². The van der Waals surface area contributed by atoms with Crippen LogP contribution in [0.4, 0.5) is 5.69 Å². The van der Waals surface area contributed by atoms with Gasteiger partial charge in [-0.3, -0.25) is 4.79 Å². The number of nitrogens with zero attached hydrogens (tertiary/aromatic N) is 1. The zero-order valence-electron chi connectivity index (χ0n) is 8.29. The van der Waals surface area contributed by atoms with Crippen LogP contribution in [0, 0.1) is 11.3 Å². The molecule has 0 spiro atoms. The molecule has 6 N–H and O–H groups in total. The number of nitriles is 1. The molecule has 0 heterocycles. The van der Waals surface area contributed by atoms with Gasteiger partial charge in [0, 0.05) is 11.3 Å². The molecule has 0 saturated carbocycles. The Morgan fingerprint density at radius 1 is 1.44 bits per heavy atom. The number of nitrogen functional groups attached to an aromatic ring is 1. The van der Waals surface area contributed by atoms with Crippen LogP contribution in [-0.4, -0.2) is 22.2 Å². The van der Waals surface area contributed by atoms with Crippen LogP contribution >= 0.6 is 0 Å². The Morgan fingerprint density at radius 2 is 2.06 bits per heavy atom. The number of aliphatic hydroxyl groups is 2.